The third-order valence-electron chi connectivity index (χ3n) is 5.05. The van der Waals surface area contributed by atoms with E-state index < -0.39 is 5.97 Å². The molecule has 20 heavy (non-hydrogen) atoms. The van der Waals surface area contributed by atoms with Crippen molar-refractivity contribution in [3.63, 3.8) is 0 Å². The van der Waals surface area contributed by atoms with Crippen molar-refractivity contribution < 1.29 is 19.4 Å². The molecule has 0 aromatic carbocycles. The van der Waals surface area contributed by atoms with Gasteiger partial charge in [0.2, 0.25) is 5.91 Å². The second-order valence-electron chi connectivity index (χ2n) is 6.20. The summed E-state index contributed by atoms with van der Waals surface area (Å²) in [6, 6.07) is 0.0186. The molecule has 6 atom stereocenters. The summed E-state index contributed by atoms with van der Waals surface area (Å²) in [5.74, 6) is 1.36. The summed E-state index contributed by atoms with van der Waals surface area (Å²) in [7, 11) is 1.75. The maximum atomic E-state index is 12.3. The number of carbonyl (C=O) groups is 2. The summed E-state index contributed by atoms with van der Waals surface area (Å²) in [6.07, 6.45) is 3.88. The van der Waals surface area contributed by atoms with Crippen LogP contribution in [0.15, 0.2) is 0 Å². The molecule has 3 rings (SSSR count). The van der Waals surface area contributed by atoms with Gasteiger partial charge >= 0.3 is 5.97 Å². The number of hydrogen-bond acceptors (Lipinski definition) is 4. The second kappa shape index (κ2) is 5.56. The standard InChI is InChI=1S/C14H21NO4S/c1-19-11-4-7-2-8(3-10(7)11)13(16)15-9-5-12(14(17)18)20-6-9/h7-12H,2-6H2,1H3,(H,15,16)(H,17,18)/t7-,8?,9-,10-,11?,12-/m0/s1. The van der Waals surface area contributed by atoms with Crippen LogP contribution in [0.1, 0.15) is 25.7 Å². The number of ether oxygens (including phenoxy) is 1. The van der Waals surface area contributed by atoms with E-state index >= 15 is 0 Å². The lowest BCUT2D eigenvalue weighted by atomic mass is 9.73. The molecule has 1 amide bonds. The first kappa shape index (κ1) is 14.2. The monoisotopic (exact) mass is 299 g/mol. The maximum absolute atomic E-state index is 12.3. The maximum Gasteiger partial charge on any atom is 0.316 e. The van der Waals surface area contributed by atoms with E-state index in [1.807, 2.05) is 0 Å². The van der Waals surface area contributed by atoms with Crippen molar-refractivity contribution >= 4 is 23.6 Å². The first-order valence-electron chi connectivity index (χ1n) is 7.26. The van der Waals surface area contributed by atoms with Gasteiger partial charge in [0, 0.05) is 24.8 Å². The molecule has 2 aliphatic carbocycles. The predicted molar refractivity (Wildman–Crippen MR) is 75.5 cm³/mol. The molecular formula is C14H21NO4S. The number of carbonyl (C=O) groups excluding carboxylic acids is 1. The van der Waals surface area contributed by atoms with E-state index in [-0.39, 0.29) is 23.1 Å². The Bertz CT molecular complexity index is 416. The van der Waals surface area contributed by atoms with Crippen LogP contribution in [0.3, 0.4) is 0 Å². The Morgan fingerprint density at radius 2 is 2.05 bits per heavy atom. The zero-order valence-corrected chi connectivity index (χ0v) is 12.4. The third-order valence-corrected chi connectivity index (χ3v) is 6.45. The largest absolute Gasteiger partial charge is 0.480 e. The molecule has 3 fully saturated rings. The van der Waals surface area contributed by atoms with Crippen molar-refractivity contribution in [2.45, 2.75) is 43.1 Å². The van der Waals surface area contributed by atoms with Crippen LogP contribution in [0, 0.1) is 17.8 Å². The summed E-state index contributed by atoms with van der Waals surface area (Å²) in [6.45, 7) is 0. The minimum Gasteiger partial charge on any atom is -0.480 e. The number of nitrogens with one attached hydrogen (secondary N) is 1. The van der Waals surface area contributed by atoms with E-state index in [4.69, 9.17) is 9.84 Å². The van der Waals surface area contributed by atoms with Gasteiger partial charge in [0.05, 0.1) is 6.10 Å². The zero-order valence-electron chi connectivity index (χ0n) is 11.6. The topological polar surface area (TPSA) is 75.6 Å². The van der Waals surface area contributed by atoms with Gasteiger partial charge in [-0.25, -0.2) is 0 Å². The number of rotatable bonds is 4. The summed E-state index contributed by atoms with van der Waals surface area (Å²) in [4.78, 5) is 23.2. The molecule has 0 bridgehead atoms. The lowest BCUT2D eigenvalue weighted by molar-refractivity contribution is -0.136. The van der Waals surface area contributed by atoms with Crippen molar-refractivity contribution in [1.29, 1.82) is 0 Å². The predicted octanol–water partition coefficient (Wildman–Crippen LogP) is 1.12. The van der Waals surface area contributed by atoms with Crippen LogP contribution in [0.2, 0.25) is 0 Å². The first-order chi connectivity index (χ1) is 9.58. The first-order valence-corrected chi connectivity index (χ1v) is 8.31. The van der Waals surface area contributed by atoms with Gasteiger partial charge in [-0.15, -0.1) is 11.8 Å². The number of carboxylic acid groups (broad SMARTS) is 1. The van der Waals surface area contributed by atoms with E-state index in [1.54, 1.807) is 7.11 Å². The smallest absolute Gasteiger partial charge is 0.316 e. The number of carboxylic acids is 1. The average molecular weight is 299 g/mol. The van der Waals surface area contributed by atoms with Crippen LogP contribution in [0.5, 0.6) is 0 Å². The van der Waals surface area contributed by atoms with Crippen molar-refractivity contribution in [1.82, 2.24) is 5.32 Å². The van der Waals surface area contributed by atoms with E-state index in [0.29, 0.717) is 30.1 Å². The van der Waals surface area contributed by atoms with Crippen molar-refractivity contribution in [3.05, 3.63) is 0 Å². The number of hydrogen-bond donors (Lipinski definition) is 2. The Hall–Kier alpha value is -0.750. The van der Waals surface area contributed by atoms with Crippen LogP contribution in [-0.4, -0.2) is 47.2 Å². The molecule has 1 aliphatic heterocycles. The van der Waals surface area contributed by atoms with Gasteiger partial charge in [-0.3, -0.25) is 9.59 Å². The van der Waals surface area contributed by atoms with Crippen LogP contribution >= 0.6 is 11.8 Å². The van der Waals surface area contributed by atoms with Gasteiger partial charge in [0.25, 0.3) is 0 Å². The molecule has 0 spiro atoms. The van der Waals surface area contributed by atoms with Gasteiger partial charge in [-0.05, 0) is 37.5 Å². The molecule has 1 saturated heterocycles. The van der Waals surface area contributed by atoms with Crippen molar-refractivity contribution in [3.8, 4) is 0 Å². The second-order valence-corrected chi connectivity index (χ2v) is 7.44. The lowest BCUT2D eigenvalue weighted by Crippen LogP contribution is -2.39. The summed E-state index contributed by atoms with van der Waals surface area (Å²) in [5.41, 5.74) is 0. The molecule has 1 heterocycles. The van der Waals surface area contributed by atoms with E-state index in [1.165, 1.54) is 11.8 Å². The minimum atomic E-state index is -0.770. The Kier molecular flexibility index (Phi) is 3.95. The number of aliphatic carboxylic acids is 1. The highest BCUT2D eigenvalue weighted by Gasteiger charge is 2.49. The summed E-state index contributed by atoms with van der Waals surface area (Å²) < 4.78 is 5.40. The average Bonchev–Trinajstić information content (AvgIpc) is 2.96. The van der Waals surface area contributed by atoms with E-state index in [9.17, 15) is 9.59 Å². The fraction of sp³-hybridized carbons (Fsp3) is 0.857. The molecule has 2 N–H and O–H groups in total. The summed E-state index contributed by atoms with van der Waals surface area (Å²) in [5, 5.41) is 11.6. The highest BCUT2D eigenvalue weighted by atomic mass is 32.2. The van der Waals surface area contributed by atoms with Crippen molar-refractivity contribution in [2.24, 2.45) is 17.8 Å². The van der Waals surface area contributed by atoms with E-state index in [2.05, 4.69) is 5.32 Å². The Morgan fingerprint density at radius 1 is 1.25 bits per heavy atom. The summed E-state index contributed by atoms with van der Waals surface area (Å²) >= 11 is 1.43. The van der Waals surface area contributed by atoms with Gasteiger partial charge in [0.15, 0.2) is 0 Å². The molecule has 2 saturated carbocycles. The Balaban J connectivity index is 1.48. The third kappa shape index (κ3) is 2.55. The van der Waals surface area contributed by atoms with Gasteiger partial charge < -0.3 is 15.2 Å². The fourth-order valence-corrected chi connectivity index (χ4v) is 5.06. The molecule has 2 unspecified atom stereocenters. The number of amides is 1. The molecule has 112 valence electrons. The SMILES string of the molecule is COC1C[C@@H]2CC(C(=O)N[C@@H]3CS[C@H](C(=O)O)C3)C[C@H]12. The number of thioether (sulfide) groups is 1. The zero-order chi connectivity index (χ0) is 14.3. The normalized spacial score (nSPS) is 42.9. The lowest BCUT2D eigenvalue weighted by Gasteiger charge is -2.39. The van der Waals surface area contributed by atoms with Gasteiger partial charge in [-0.1, -0.05) is 0 Å². The van der Waals surface area contributed by atoms with Gasteiger partial charge in [0.1, 0.15) is 5.25 Å². The molecule has 6 heteroatoms. The molecular weight excluding hydrogens is 278 g/mol. The molecule has 0 radical (unpaired) electrons. The highest BCUT2D eigenvalue weighted by molar-refractivity contribution is 8.00. The van der Waals surface area contributed by atoms with Crippen LogP contribution < -0.4 is 5.32 Å². The molecule has 0 aromatic rings. The molecule has 5 nitrogen and oxygen atoms in total. The molecule has 3 aliphatic rings. The van der Waals surface area contributed by atoms with Crippen LogP contribution in [0.4, 0.5) is 0 Å². The fourth-order valence-electron chi connectivity index (χ4n) is 3.86. The van der Waals surface area contributed by atoms with Crippen molar-refractivity contribution in [2.75, 3.05) is 12.9 Å². The number of fused-ring (bicyclic) bond motifs is 1. The number of methoxy groups -OCH3 is 1. The van der Waals surface area contributed by atoms with Crippen LogP contribution in [-0.2, 0) is 14.3 Å². The van der Waals surface area contributed by atoms with E-state index in [0.717, 1.165) is 19.3 Å². The molecule has 0 aromatic heterocycles. The van der Waals surface area contributed by atoms with Crippen LogP contribution in [0.25, 0.3) is 0 Å². The Morgan fingerprint density at radius 3 is 2.70 bits per heavy atom. The Labute approximate surface area is 122 Å². The highest BCUT2D eigenvalue weighted by Crippen LogP contribution is 2.50. The quantitative estimate of drug-likeness (QED) is 0.813. The minimum absolute atomic E-state index is 0.0186. The van der Waals surface area contributed by atoms with Gasteiger partial charge in [-0.2, -0.15) is 0 Å².